The summed E-state index contributed by atoms with van der Waals surface area (Å²) in [6, 6.07) is 8.98. The molecule has 36 heavy (non-hydrogen) atoms. The Labute approximate surface area is 212 Å². The maximum absolute atomic E-state index is 12.9. The molecule has 2 aliphatic heterocycles. The molecule has 0 atom stereocenters. The van der Waals surface area contributed by atoms with Crippen LogP contribution in [0.1, 0.15) is 27.6 Å². The SMILES string of the molecule is CC1=NCC=N1.COc1cnc(Cl)c2[nH]cc(C(=O)C(=O)N3CCN(C(=O)c4ccccc4)CC3)c12. The summed E-state index contributed by atoms with van der Waals surface area (Å²) in [7, 11) is 1.45. The molecule has 0 spiro atoms. The van der Waals surface area contributed by atoms with Gasteiger partial charge in [0.2, 0.25) is 0 Å². The van der Waals surface area contributed by atoms with Gasteiger partial charge >= 0.3 is 0 Å². The van der Waals surface area contributed by atoms with Crippen molar-refractivity contribution in [1.82, 2.24) is 19.8 Å². The maximum Gasteiger partial charge on any atom is 0.295 e. The van der Waals surface area contributed by atoms with Crippen molar-refractivity contribution in [2.75, 3.05) is 39.8 Å². The Morgan fingerprint density at radius 3 is 2.33 bits per heavy atom. The molecular formula is C25H25ClN6O4. The lowest BCUT2D eigenvalue weighted by atomic mass is 10.1. The summed E-state index contributed by atoms with van der Waals surface area (Å²) in [4.78, 5) is 56.2. The summed E-state index contributed by atoms with van der Waals surface area (Å²) in [6.45, 7) is 3.96. The van der Waals surface area contributed by atoms with Gasteiger partial charge in [-0.3, -0.25) is 19.4 Å². The largest absolute Gasteiger partial charge is 0.494 e. The first-order chi connectivity index (χ1) is 17.4. The first-order valence-electron chi connectivity index (χ1n) is 11.3. The van der Waals surface area contributed by atoms with Gasteiger partial charge in [-0.05, 0) is 19.1 Å². The molecule has 186 valence electrons. The van der Waals surface area contributed by atoms with Crippen LogP contribution in [0.3, 0.4) is 0 Å². The van der Waals surface area contributed by atoms with Crippen LogP contribution in [0.2, 0.25) is 5.15 Å². The number of benzene rings is 1. The van der Waals surface area contributed by atoms with Gasteiger partial charge in [-0.25, -0.2) is 9.98 Å². The molecule has 1 N–H and O–H groups in total. The Hall–Kier alpha value is -4.05. The summed E-state index contributed by atoms with van der Waals surface area (Å²) in [5.74, 6) is -0.125. The number of methoxy groups -OCH3 is 1. The average molecular weight is 509 g/mol. The Bertz CT molecular complexity index is 1340. The lowest BCUT2D eigenvalue weighted by molar-refractivity contribution is -0.127. The third-order valence-electron chi connectivity index (χ3n) is 5.84. The second-order valence-corrected chi connectivity index (χ2v) is 8.41. The molecule has 1 saturated heterocycles. The number of halogens is 1. The second kappa shape index (κ2) is 11.1. The molecule has 0 saturated carbocycles. The fourth-order valence-electron chi connectivity index (χ4n) is 3.94. The van der Waals surface area contributed by atoms with Crippen LogP contribution >= 0.6 is 11.6 Å². The Balaban J connectivity index is 0.000000445. The average Bonchev–Trinajstić information content (AvgIpc) is 3.59. The third-order valence-corrected chi connectivity index (χ3v) is 6.13. The number of carbonyl (C=O) groups is 3. The lowest BCUT2D eigenvalue weighted by Crippen LogP contribution is -2.52. The van der Waals surface area contributed by atoms with Crippen LogP contribution in [-0.4, -0.2) is 89.2 Å². The summed E-state index contributed by atoms with van der Waals surface area (Å²) >= 11 is 6.09. The monoisotopic (exact) mass is 508 g/mol. The van der Waals surface area contributed by atoms with Crippen LogP contribution in [0.15, 0.2) is 52.7 Å². The van der Waals surface area contributed by atoms with Crippen LogP contribution < -0.4 is 4.74 Å². The number of nitrogens with zero attached hydrogens (tertiary/aromatic N) is 5. The van der Waals surface area contributed by atoms with Crippen LogP contribution in [0.4, 0.5) is 0 Å². The zero-order valence-corrected chi connectivity index (χ0v) is 20.7. The van der Waals surface area contributed by atoms with Gasteiger partial charge in [-0.15, -0.1) is 0 Å². The van der Waals surface area contributed by atoms with E-state index in [0.717, 1.165) is 12.4 Å². The number of aromatic amines is 1. The zero-order valence-electron chi connectivity index (χ0n) is 19.9. The topological polar surface area (TPSA) is 120 Å². The highest BCUT2D eigenvalue weighted by molar-refractivity contribution is 6.45. The standard InChI is InChI=1S/C21H19ClN4O4.C4H6N2/c1-30-15-12-24-19(22)17-16(15)14(11-23-17)18(27)21(29)26-9-7-25(8-10-26)20(28)13-5-3-2-4-6-13;1-4-5-2-3-6-4/h2-6,11-12,23H,7-10H2,1H3;2H,3H2,1H3. The van der Waals surface area contributed by atoms with E-state index in [9.17, 15) is 14.4 Å². The number of hydrogen-bond acceptors (Lipinski definition) is 7. The van der Waals surface area contributed by atoms with Gasteiger partial charge < -0.3 is 19.5 Å². The van der Waals surface area contributed by atoms with E-state index in [0.29, 0.717) is 35.3 Å². The molecular weight excluding hydrogens is 484 g/mol. The Morgan fingerprint density at radius 1 is 1.06 bits per heavy atom. The van der Waals surface area contributed by atoms with E-state index >= 15 is 0 Å². The highest BCUT2D eigenvalue weighted by Crippen LogP contribution is 2.32. The van der Waals surface area contributed by atoms with Gasteiger partial charge in [0.1, 0.15) is 11.6 Å². The zero-order chi connectivity index (χ0) is 25.7. The van der Waals surface area contributed by atoms with Crippen molar-refractivity contribution in [1.29, 1.82) is 0 Å². The van der Waals surface area contributed by atoms with E-state index < -0.39 is 11.7 Å². The number of aromatic nitrogens is 2. The molecule has 0 unspecified atom stereocenters. The predicted molar refractivity (Wildman–Crippen MR) is 137 cm³/mol. The first kappa shape index (κ1) is 25.1. The number of nitrogens with one attached hydrogen (secondary N) is 1. The summed E-state index contributed by atoms with van der Waals surface area (Å²) in [6.07, 6.45) is 4.65. The van der Waals surface area contributed by atoms with Crippen molar-refractivity contribution >= 4 is 52.2 Å². The normalized spacial score (nSPS) is 14.8. The molecule has 10 nitrogen and oxygen atoms in total. The number of amides is 2. The lowest BCUT2D eigenvalue weighted by Gasteiger charge is -2.34. The van der Waals surface area contributed by atoms with E-state index in [2.05, 4.69) is 20.0 Å². The number of carbonyl (C=O) groups excluding carboxylic acids is 3. The van der Waals surface area contributed by atoms with Crippen molar-refractivity contribution in [3.63, 3.8) is 0 Å². The highest BCUT2D eigenvalue weighted by atomic mass is 35.5. The highest BCUT2D eigenvalue weighted by Gasteiger charge is 2.31. The summed E-state index contributed by atoms with van der Waals surface area (Å²) in [5, 5.41) is 0.610. The van der Waals surface area contributed by atoms with Crippen molar-refractivity contribution in [3.05, 3.63) is 59.0 Å². The van der Waals surface area contributed by atoms with E-state index in [4.69, 9.17) is 16.3 Å². The molecule has 5 rings (SSSR count). The van der Waals surface area contributed by atoms with Crippen LogP contribution in [0.25, 0.3) is 10.9 Å². The summed E-state index contributed by atoms with van der Waals surface area (Å²) < 4.78 is 5.28. The number of Topliss-reactive ketones (excluding diaryl/α,β-unsaturated/α-hetero) is 1. The smallest absolute Gasteiger partial charge is 0.295 e. The van der Waals surface area contributed by atoms with E-state index in [1.54, 1.807) is 23.2 Å². The molecule has 2 amide bonds. The number of aliphatic imine (C=N–C) groups is 2. The number of H-pyrrole nitrogens is 1. The minimum atomic E-state index is -0.662. The van der Waals surface area contributed by atoms with Gasteiger partial charge in [0.15, 0.2) is 5.15 Å². The number of rotatable bonds is 4. The number of piperazine rings is 1. The van der Waals surface area contributed by atoms with Crippen molar-refractivity contribution in [2.24, 2.45) is 9.98 Å². The fraction of sp³-hybridized carbons (Fsp3) is 0.280. The van der Waals surface area contributed by atoms with E-state index in [1.165, 1.54) is 24.4 Å². The van der Waals surface area contributed by atoms with Crippen molar-refractivity contribution in [3.8, 4) is 5.75 Å². The van der Waals surface area contributed by atoms with Gasteiger partial charge in [0, 0.05) is 44.2 Å². The Kier molecular flexibility index (Phi) is 7.74. The molecule has 1 fully saturated rings. The maximum atomic E-state index is 12.9. The number of ether oxygens (including phenoxy) is 1. The van der Waals surface area contributed by atoms with Gasteiger partial charge in [-0.2, -0.15) is 0 Å². The molecule has 0 bridgehead atoms. The molecule has 3 aromatic rings. The number of hydrogen-bond donors (Lipinski definition) is 1. The van der Waals surface area contributed by atoms with E-state index in [-0.39, 0.29) is 29.7 Å². The van der Waals surface area contributed by atoms with Gasteiger partial charge in [-0.1, -0.05) is 29.8 Å². The minimum Gasteiger partial charge on any atom is -0.494 e. The van der Waals surface area contributed by atoms with Crippen LogP contribution in [-0.2, 0) is 4.79 Å². The molecule has 2 aromatic heterocycles. The van der Waals surface area contributed by atoms with Crippen molar-refractivity contribution in [2.45, 2.75) is 6.92 Å². The number of amidine groups is 1. The minimum absolute atomic E-state index is 0.0856. The number of ketones is 1. The molecule has 11 heteroatoms. The third kappa shape index (κ3) is 5.28. The predicted octanol–water partition coefficient (Wildman–Crippen LogP) is 2.88. The molecule has 0 radical (unpaired) electrons. The van der Waals surface area contributed by atoms with Crippen LogP contribution in [0, 0.1) is 0 Å². The van der Waals surface area contributed by atoms with Crippen LogP contribution in [0.5, 0.6) is 5.75 Å². The van der Waals surface area contributed by atoms with E-state index in [1.807, 2.05) is 25.1 Å². The molecule has 1 aromatic carbocycles. The van der Waals surface area contributed by atoms with Gasteiger partial charge in [0.25, 0.3) is 17.6 Å². The van der Waals surface area contributed by atoms with Gasteiger partial charge in [0.05, 0.1) is 36.3 Å². The fourth-order valence-corrected chi connectivity index (χ4v) is 4.14. The molecule has 4 heterocycles. The molecule has 2 aliphatic rings. The van der Waals surface area contributed by atoms with Crippen molar-refractivity contribution < 1.29 is 19.1 Å². The Morgan fingerprint density at radius 2 is 1.75 bits per heavy atom. The molecule has 0 aliphatic carbocycles. The summed E-state index contributed by atoms with van der Waals surface area (Å²) in [5.41, 5.74) is 1.22. The number of fused-ring (bicyclic) bond motifs is 1. The second-order valence-electron chi connectivity index (χ2n) is 8.05. The first-order valence-corrected chi connectivity index (χ1v) is 11.7. The number of pyridine rings is 1. The quantitative estimate of drug-likeness (QED) is 0.330.